The average molecular weight is 128 g/mol. The molecule has 0 aromatic carbocycles. The molecule has 0 amide bonds. The van der Waals surface area contributed by atoms with Gasteiger partial charge in [-0.2, -0.15) is 0 Å². The fourth-order valence-electron chi connectivity index (χ4n) is 1.78. The monoisotopic (exact) mass is 128 g/mol. The molecule has 1 heteroatoms. The zero-order chi connectivity index (χ0) is 6.69. The summed E-state index contributed by atoms with van der Waals surface area (Å²) in [6.07, 6.45) is 5.91. The summed E-state index contributed by atoms with van der Waals surface area (Å²) in [6.45, 7) is 2.25. The topological polar surface area (TPSA) is 9.23 Å². The smallest absolute Gasteiger partial charge is 0.0599 e. The molecule has 1 nitrogen and oxygen atoms in total. The Morgan fingerprint density at radius 1 is 1.44 bits per heavy atom. The zero-order valence-electron chi connectivity index (χ0n) is 6.39. The third kappa shape index (κ3) is 1.45. The van der Waals surface area contributed by atoms with E-state index in [0.29, 0.717) is 6.10 Å². The number of hydrogen-bond acceptors (Lipinski definition) is 1. The summed E-state index contributed by atoms with van der Waals surface area (Å²) in [5.74, 6) is 0.856. The van der Waals surface area contributed by atoms with Crippen molar-refractivity contribution in [3.05, 3.63) is 0 Å². The van der Waals surface area contributed by atoms with Crippen LogP contribution in [-0.2, 0) is 4.74 Å². The van der Waals surface area contributed by atoms with Gasteiger partial charge in [0.1, 0.15) is 0 Å². The molecule has 1 fully saturated rings. The van der Waals surface area contributed by atoms with Crippen LogP contribution in [0.5, 0.6) is 0 Å². The fraction of sp³-hybridized carbons (Fsp3) is 1.00. The Balaban J connectivity index is 2.32. The largest absolute Gasteiger partial charge is 0.381 e. The lowest BCUT2D eigenvalue weighted by Gasteiger charge is -2.14. The first-order valence-corrected chi connectivity index (χ1v) is 3.91. The summed E-state index contributed by atoms with van der Waals surface area (Å²) in [5, 5.41) is 0. The molecule has 0 saturated heterocycles. The van der Waals surface area contributed by atoms with Crippen LogP contribution in [0.4, 0.5) is 0 Å². The van der Waals surface area contributed by atoms with Crippen molar-refractivity contribution in [2.75, 3.05) is 7.11 Å². The molecule has 2 atom stereocenters. The lowest BCUT2D eigenvalue weighted by molar-refractivity contribution is 0.0699. The van der Waals surface area contributed by atoms with E-state index in [4.69, 9.17) is 4.74 Å². The van der Waals surface area contributed by atoms with Gasteiger partial charge in [-0.15, -0.1) is 0 Å². The standard InChI is InChI=1S/C8H16O/c1-3-7-5-4-6-8(7)9-2/h7-8H,3-6H2,1-2H3/t7-,8-/m0/s1. The van der Waals surface area contributed by atoms with Gasteiger partial charge in [-0.05, 0) is 18.8 Å². The molecule has 0 unspecified atom stereocenters. The third-order valence-electron chi connectivity index (χ3n) is 2.42. The molecule has 9 heavy (non-hydrogen) atoms. The van der Waals surface area contributed by atoms with Crippen LogP contribution in [0.25, 0.3) is 0 Å². The van der Waals surface area contributed by atoms with E-state index in [1.807, 2.05) is 7.11 Å². The van der Waals surface area contributed by atoms with Gasteiger partial charge in [0.2, 0.25) is 0 Å². The summed E-state index contributed by atoms with van der Waals surface area (Å²) in [6, 6.07) is 0. The first-order valence-electron chi connectivity index (χ1n) is 3.91. The SMILES string of the molecule is CC[C@H]1CCC[C@@H]1OC. The van der Waals surface area contributed by atoms with Crippen molar-refractivity contribution in [2.45, 2.75) is 38.7 Å². The second kappa shape index (κ2) is 3.21. The van der Waals surface area contributed by atoms with Gasteiger partial charge in [0.25, 0.3) is 0 Å². The van der Waals surface area contributed by atoms with Crippen LogP contribution in [-0.4, -0.2) is 13.2 Å². The Bertz CT molecular complexity index is 70.6. The van der Waals surface area contributed by atoms with Gasteiger partial charge in [-0.3, -0.25) is 0 Å². The molecule has 0 heterocycles. The minimum absolute atomic E-state index is 0.579. The summed E-state index contributed by atoms with van der Waals surface area (Å²) in [5.41, 5.74) is 0. The summed E-state index contributed by atoms with van der Waals surface area (Å²) < 4.78 is 5.31. The highest BCUT2D eigenvalue weighted by atomic mass is 16.5. The molecule has 0 bridgehead atoms. The molecule has 1 saturated carbocycles. The van der Waals surface area contributed by atoms with Crippen molar-refractivity contribution < 1.29 is 4.74 Å². The normalized spacial score (nSPS) is 35.3. The van der Waals surface area contributed by atoms with E-state index in [0.717, 1.165) is 5.92 Å². The Morgan fingerprint density at radius 3 is 2.67 bits per heavy atom. The average Bonchev–Trinajstić information content (AvgIpc) is 2.33. The van der Waals surface area contributed by atoms with Gasteiger partial charge in [-0.25, -0.2) is 0 Å². The Morgan fingerprint density at radius 2 is 2.22 bits per heavy atom. The molecule has 0 aromatic rings. The minimum Gasteiger partial charge on any atom is -0.381 e. The highest BCUT2D eigenvalue weighted by Gasteiger charge is 2.24. The van der Waals surface area contributed by atoms with Gasteiger partial charge in [0, 0.05) is 7.11 Å². The highest BCUT2D eigenvalue weighted by molar-refractivity contribution is 4.76. The molecule has 1 aliphatic carbocycles. The zero-order valence-corrected chi connectivity index (χ0v) is 6.39. The van der Waals surface area contributed by atoms with E-state index >= 15 is 0 Å². The minimum atomic E-state index is 0.579. The van der Waals surface area contributed by atoms with Gasteiger partial charge in [0.15, 0.2) is 0 Å². The predicted octanol–water partition coefficient (Wildman–Crippen LogP) is 2.21. The number of rotatable bonds is 2. The molecule has 0 aromatic heterocycles. The van der Waals surface area contributed by atoms with E-state index in [2.05, 4.69) is 6.92 Å². The van der Waals surface area contributed by atoms with E-state index in [-0.39, 0.29) is 0 Å². The van der Waals surface area contributed by atoms with Crippen LogP contribution < -0.4 is 0 Å². The van der Waals surface area contributed by atoms with Gasteiger partial charge in [0.05, 0.1) is 6.10 Å². The van der Waals surface area contributed by atoms with Gasteiger partial charge >= 0.3 is 0 Å². The molecule has 0 radical (unpaired) electrons. The molecule has 0 spiro atoms. The molecular formula is C8H16O. The van der Waals surface area contributed by atoms with Crippen molar-refractivity contribution in [3.8, 4) is 0 Å². The first-order chi connectivity index (χ1) is 4.38. The highest BCUT2D eigenvalue weighted by Crippen LogP contribution is 2.29. The fourth-order valence-corrected chi connectivity index (χ4v) is 1.78. The first kappa shape index (κ1) is 7.07. The lowest BCUT2D eigenvalue weighted by atomic mass is 10.0. The molecular weight excluding hydrogens is 112 g/mol. The molecule has 0 N–H and O–H groups in total. The van der Waals surface area contributed by atoms with E-state index in [1.165, 1.54) is 25.7 Å². The number of hydrogen-bond donors (Lipinski definition) is 0. The van der Waals surface area contributed by atoms with Crippen LogP contribution in [0, 0.1) is 5.92 Å². The van der Waals surface area contributed by atoms with Crippen molar-refractivity contribution in [1.82, 2.24) is 0 Å². The summed E-state index contributed by atoms with van der Waals surface area (Å²) >= 11 is 0. The molecule has 0 aliphatic heterocycles. The Hall–Kier alpha value is -0.0400. The number of ether oxygens (including phenoxy) is 1. The molecule has 54 valence electrons. The number of methoxy groups -OCH3 is 1. The second-order valence-corrected chi connectivity index (χ2v) is 2.87. The van der Waals surface area contributed by atoms with E-state index in [1.54, 1.807) is 0 Å². The Labute approximate surface area is 57.4 Å². The van der Waals surface area contributed by atoms with Crippen LogP contribution in [0.1, 0.15) is 32.6 Å². The van der Waals surface area contributed by atoms with Crippen LogP contribution in [0.15, 0.2) is 0 Å². The van der Waals surface area contributed by atoms with Gasteiger partial charge in [-0.1, -0.05) is 19.8 Å². The lowest BCUT2D eigenvalue weighted by Crippen LogP contribution is -2.14. The maximum absolute atomic E-state index is 5.31. The van der Waals surface area contributed by atoms with Crippen molar-refractivity contribution in [1.29, 1.82) is 0 Å². The van der Waals surface area contributed by atoms with Crippen molar-refractivity contribution >= 4 is 0 Å². The quantitative estimate of drug-likeness (QED) is 0.554. The third-order valence-corrected chi connectivity index (χ3v) is 2.42. The van der Waals surface area contributed by atoms with Crippen LogP contribution in [0.2, 0.25) is 0 Å². The van der Waals surface area contributed by atoms with Gasteiger partial charge < -0.3 is 4.74 Å². The van der Waals surface area contributed by atoms with Crippen LogP contribution in [0.3, 0.4) is 0 Å². The summed E-state index contributed by atoms with van der Waals surface area (Å²) in [7, 11) is 1.83. The molecule has 1 aliphatic rings. The predicted molar refractivity (Wildman–Crippen MR) is 38.4 cm³/mol. The van der Waals surface area contributed by atoms with E-state index < -0.39 is 0 Å². The van der Waals surface area contributed by atoms with E-state index in [9.17, 15) is 0 Å². The second-order valence-electron chi connectivity index (χ2n) is 2.87. The van der Waals surface area contributed by atoms with Crippen LogP contribution >= 0.6 is 0 Å². The maximum Gasteiger partial charge on any atom is 0.0599 e. The summed E-state index contributed by atoms with van der Waals surface area (Å²) in [4.78, 5) is 0. The van der Waals surface area contributed by atoms with Crippen molar-refractivity contribution in [2.24, 2.45) is 5.92 Å². The Kier molecular flexibility index (Phi) is 2.52. The van der Waals surface area contributed by atoms with Crippen molar-refractivity contribution in [3.63, 3.8) is 0 Å². The molecule has 1 rings (SSSR count). The maximum atomic E-state index is 5.31.